The summed E-state index contributed by atoms with van der Waals surface area (Å²) in [4.78, 5) is 0. The summed E-state index contributed by atoms with van der Waals surface area (Å²) in [5, 5.41) is 11.6. The van der Waals surface area contributed by atoms with Crippen LogP contribution in [0.2, 0.25) is 0 Å². The Hall–Kier alpha value is -1.66. The van der Waals surface area contributed by atoms with Crippen molar-refractivity contribution in [2.45, 2.75) is 6.92 Å². The first kappa shape index (κ1) is 10.4. The van der Waals surface area contributed by atoms with Crippen LogP contribution in [-0.4, -0.2) is 0 Å². The fourth-order valence-electron chi connectivity index (χ4n) is 0.952. The van der Waals surface area contributed by atoms with Crippen molar-refractivity contribution in [1.82, 2.24) is 0 Å². The van der Waals surface area contributed by atoms with Gasteiger partial charge in [-0.15, -0.1) is 0 Å². The Morgan fingerprint density at radius 3 is 2.71 bits per heavy atom. The van der Waals surface area contributed by atoms with Gasteiger partial charge in [-0.05, 0) is 19.1 Å². The van der Waals surface area contributed by atoms with Crippen molar-refractivity contribution in [3.8, 4) is 6.07 Å². The Morgan fingerprint density at radius 2 is 2.14 bits per heavy atom. The number of para-hydroxylation sites is 2. The van der Waals surface area contributed by atoms with Gasteiger partial charge in [0, 0.05) is 5.70 Å². The molecular formula is C10H10ClN3. The quantitative estimate of drug-likeness (QED) is 0.579. The zero-order chi connectivity index (χ0) is 10.6. The third-order valence-corrected chi connectivity index (χ3v) is 2.08. The minimum Gasteiger partial charge on any atom is -0.397 e. The van der Waals surface area contributed by atoms with Crippen LogP contribution in [-0.2, 0) is 0 Å². The summed E-state index contributed by atoms with van der Waals surface area (Å²) in [6.07, 6.45) is 0. The molecule has 1 aromatic carbocycles. The van der Waals surface area contributed by atoms with Crippen LogP contribution in [0.5, 0.6) is 0 Å². The van der Waals surface area contributed by atoms with Crippen LogP contribution < -0.4 is 11.1 Å². The Kier molecular flexibility index (Phi) is 3.38. The molecule has 4 heteroatoms. The molecule has 0 atom stereocenters. The molecule has 0 bridgehead atoms. The highest BCUT2D eigenvalue weighted by Gasteiger charge is 2.00. The molecule has 0 fully saturated rings. The number of hydrogen-bond donors (Lipinski definition) is 2. The van der Waals surface area contributed by atoms with Gasteiger partial charge in [0.2, 0.25) is 0 Å². The van der Waals surface area contributed by atoms with Crippen molar-refractivity contribution in [2.75, 3.05) is 11.1 Å². The van der Waals surface area contributed by atoms with Crippen LogP contribution in [0, 0.1) is 11.3 Å². The summed E-state index contributed by atoms with van der Waals surface area (Å²) in [6, 6.07) is 9.13. The van der Waals surface area contributed by atoms with E-state index in [0.717, 1.165) is 5.69 Å². The molecule has 72 valence electrons. The number of nitriles is 1. The highest BCUT2D eigenvalue weighted by atomic mass is 35.5. The molecule has 3 nitrogen and oxygen atoms in total. The van der Waals surface area contributed by atoms with Crippen molar-refractivity contribution >= 4 is 23.0 Å². The molecular weight excluding hydrogens is 198 g/mol. The van der Waals surface area contributed by atoms with E-state index in [0.29, 0.717) is 11.4 Å². The van der Waals surface area contributed by atoms with Crippen LogP contribution in [0.4, 0.5) is 11.4 Å². The van der Waals surface area contributed by atoms with Gasteiger partial charge in [0.05, 0.1) is 11.4 Å². The van der Waals surface area contributed by atoms with Crippen LogP contribution >= 0.6 is 11.6 Å². The van der Waals surface area contributed by atoms with Gasteiger partial charge in [-0.3, -0.25) is 0 Å². The van der Waals surface area contributed by atoms with E-state index in [1.54, 1.807) is 13.0 Å². The van der Waals surface area contributed by atoms with Gasteiger partial charge in [0.25, 0.3) is 0 Å². The lowest BCUT2D eigenvalue weighted by atomic mass is 10.2. The summed E-state index contributed by atoms with van der Waals surface area (Å²) in [5.41, 5.74) is 7.66. The van der Waals surface area contributed by atoms with E-state index < -0.39 is 0 Å². The molecule has 14 heavy (non-hydrogen) atoms. The minimum absolute atomic E-state index is 0.133. The fraction of sp³-hybridized carbons (Fsp3) is 0.100. The smallest absolute Gasteiger partial charge is 0.137 e. The number of anilines is 2. The predicted octanol–water partition coefficient (Wildman–Crippen LogP) is 2.67. The SMILES string of the molecule is C/C(Nc1ccccc1N)=C(\Cl)C#N. The first-order valence-corrected chi connectivity index (χ1v) is 4.41. The third kappa shape index (κ3) is 2.41. The Morgan fingerprint density at radius 1 is 1.50 bits per heavy atom. The molecule has 0 aliphatic rings. The van der Waals surface area contributed by atoms with Crippen molar-refractivity contribution < 1.29 is 0 Å². The average molecular weight is 208 g/mol. The largest absolute Gasteiger partial charge is 0.397 e. The van der Waals surface area contributed by atoms with Gasteiger partial charge in [-0.1, -0.05) is 23.7 Å². The van der Waals surface area contributed by atoms with Crippen LogP contribution in [0.15, 0.2) is 35.0 Å². The molecule has 0 radical (unpaired) electrons. The maximum absolute atomic E-state index is 8.54. The predicted molar refractivity (Wildman–Crippen MR) is 58.6 cm³/mol. The first-order valence-electron chi connectivity index (χ1n) is 4.03. The second-order valence-electron chi connectivity index (χ2n) is 2.76. The molecule has 0 spiro atoms. The third-order valence-electron chi connectivity index (χ3n) is 1.71. The standard InChI is InChI=1S/C10H10ClN3/c1-7(8(11)6-12)14-10-5-3-2-4-9(10)13/h2-5,14H,13H2,1H3/b8-7+. The van der Waals surface area contributed by atoms with E-state index in [-0.39, 0.29) is 5.03 Å². The molecule has 0 aliphatic carbocycles. The normalized spacial score (nSPS) is 11.5. The molecule has 0 amide bonds. The van der Waals surface area contributed by atoms with E-state index in [2.05, 4.69) is 5.32 Å². The van der Waals surface area contributed by atoms with Gasteiger partial charge < -0.3 is 11.1 Å². The van der Waals surface area contributed by atoms with Gasteiger partial charge >= 0.3 is 0 Å². The molecule has 0 saturated heterocycles. The van der Waals surface area contributed by atoms with Gasteiger partial charge in [0.1, 0.15) is 11.1 Å². The van der Waals surface area contributed by atoms with Crippen LogP contribution in [0.1, 0.15) is 6.92 Å². The monoisotopic (exact) mass is 207 g/mol. The number of nitrogens with zero attached hydrogens (tertiary/aromatic N) is 1. The second kappa shape index (κ2) is 4.54. The number of nitrogens with one attached hydrogen (secondary N) is 1. The molecule has 0 saturated carbocycles. The number of benzene rings is 1. The molecule has 0 unspecified atom stereocenters. The van der Waals surface area contributed by atoms with E-state index in [1.807, 2.05) is 24.3 Å². The molecule has 1 rings (SSSR count). The number of allylic oxidation sites excluding steroid dienone is 2. The molecule has 0 aromatic heterocycles. The van der Waals surface area contributed by atoms with E-state index in [9.17, 15) is 0 Å². The van der Waals surface area contributed by atoms with Gasteiger partial charge in [0.15, 0.2) is 0 Å². The first-order chi connectivity index (χ1) is 6.65. The Labute approximate surface area is 87.8 Å². The summed E-state index contributed by atoms with van der Waals surface area (Å²) < 4.78 is 0. The second-order valence-corrected chi connectivity index (χ2v) is 3.14. The minimum atomic E-state index is 0.133. The highest BCUT2D eigenvalue weighted by molar-refractivity contribution is 6.32. The highest BCUT2D eigenvalue weighted by Crippen LogP contribution is 2.20. The molecule has 1 aromatic rings. The summed E-state index contributed by atoms with van der Waals surface area (Å²) in [7, 11) is 0. The number of rotatable bonds is 2. The lowest BCUT2D eigenvalue weighted by molar-refractivity contribution is 1.36. The number of nitrogen functional groups attached to an aromatic ring is 1. The maximum atomic E-state index is 8.54. The van der Waals surface area contributed by atoms with Crippen molar-refractivity contribution in [1.29, 1.82) is 5.26 Å². The molecule has 0 heterocycles. The number of hydrogen-bond acceptors (Lipinski definition) is 3. The number of nitrogens with two attached hydrogens (primary N) is 1. The van der Waals surface area contributed by atoms with Gasteiger partial charge in [-0.25, -0.2) is 0 Å². The summed E-state index contributed by atoms with van der Waals surface area (Å²) >= 11 is 5.63. The van der Waals surface area contributed by atoms with E-state index in [1.165, 1.54) is 0 Å². The maximum Gasteiger partial charge on any atom is 0.137 e. The van der Waals surface area contributed by atoms with Crippen molar-refractivity contribution in [3.63, 3.8) is 0 Å². The van der Waals surface area contributed by atoms with Crippen molar-refractivity contribution in [2.24, 2.45) is 0 Å². The Balaban J connectivity index is 2.92. The lowest BCUT2D eigenvalue weighted by Gasteiger charge is -2.08. The zero-order valence-electron chi connectivity index (χ0n) is 7.71. The molecule has 0 aliphatic heterocycles. The van der Waals surface area contributed by atoms with Crippen LogP contribution in [0.3, 0.4) is 0 Å². The average Bonchev–Trinajstić information content (AvgIpc) is 2.20. The summed E-state index contributed by atoms with van der Waals surface area (Å²) in [6.45, 7) is 1.72. The zero-order valence-corrected chi connectivity index (χ0v) is 8.47. The lowest BCUT2D eigenvalue weighted by Crippen LogP contribution is -2.00. The van der Waals surface area contributed by atoms with E-state index >= 15 is 0 Å². The molecule has 3 N–H and O–H groups in total. The topological polar surface area (TPSA) is 61.8 Å². The van der Waals surface area contributed by atoms with Crippen LogP contribution in [0.25, 0.3) is 0 Å². The number of halogens is 1. The summed E-state index contributed by atoms with van der Waals surface area (Å²) in [5.74, 6) is 0. The Bertz CT molecular complexity index is 404. The van der Waals surface area contributed by atoms with E-state index in [4.69, 9.17) is 22.6 Å². The fourth-order valence-corrected chi connectivity index (χ4v) is 0.999. The van der Waals surface area contributed by atoms with Crippen molar-refractivity contribution in [3.05, 3.63) is 35.0 Å². The van der Waals surface area contributed by atoms with Gasteiger partial charge in [-0.2, -0.15) is 5.26 Å².